The van der Waals surface area contributed by atoms with Gasteiger partial charge in [-0.15, -0.1) is 0 Å². The maximum Gasteiger partial charge on any atom is 0.318 e. The quantitative estimate of drug-likeness (QED) is 0.782. The summed E-state index contributed by atoms with van der Waals surface area (Å²) in [5.74, 6) is 0.664. The Bertz CT molecular complexity index is 906. The number of pyridine rings is 1. The number of ether oxygens (including phenoxy) is 1. The summed E-state index contributed by atoms with van der Waals surface area (Å²) in [7, 11) is 3.92. The minimum atomic E-state index is -0.359. The van der Waals surface area contributed by atoms with Crippen LogP contribution in [0.25, 0.3) is 0 Å². The van der Waals surface area contributed by atoms with Crippen molar-refractivity contribution in [3.05, 3.63) is 35.5 Å². The number of anilines is 2. The lowest BCUT2D eigenvalue weighted by atomic mass is 10.1. The minimum Gasteiger partial charge on any atom is -0.464 e. The normalized spacial score (nSPS) is 20.8. The summed E-state index contributed by atoms with van der Waals surface area (Å²) in [6.07, 6.45) is 4.63. The van der Waals surface area contributed by atoms with Crippen LogP contribution >= 0.6 is 0 Å². The molecule has 2 aliphatic rings. The number of halogens is 1. The molecule has 0 radical (unpaired) electrons. The van der Waals surface area contributed by atoms with E-state index in [1.54, 1.807) is 6.20 Å². The van der Waals surface area contributed by atoms with Crippen molar-refractivity contribution < 1.29 is 9.13 Å². The first-order valence-corrected chi connectivity index (χ1v) is 9.34. The van der Waals surface area contributed by atoms with Gasteiger partial charge in [0.2, 0.25) is 0 Å². The highest BCUT2D eigenvalue weighted by molar-refractivity contribution is 5.77. The van der Waals surface area contributed by atoms with Crippen molar-refractivity contribution in [3.8, 4) is 6.01 Å². The number of aromatic nitrogens is 3. The minimum absolute atomic E-state index is 0.234. The lowest BCUT2D eigenvalue weighted by Gasteiger charge is -2.31. The Kier molecular flexibility index (Phi) is 4.74. The lowest BCUT2D eigenvalue weighted by Crippen LogP contribution is -2.38. The first-order chi connectivity index (χ1) is 13.5. The molecule has 8 nitrogen and oxygen atoms in total. The zero-order chi connectivity index (χ0) is 19.8. The Morgan fingerprint density at radius 3 is 2.75 bits per heavy atom. The SMILES string of the molecule is CCOc1nc(C)c2c(n1)N(CC1C=NN(C)C1)C(c1cncc(F)c1)N2C. The zero-order valence-corrected chi connectivity index (χ0v) is 16.5. The second-order valence-electron chi connectivity index (χ2n) is 7.14. The van der Waals surface area contributed by atoms with Crippen molar-refractivity contribution in [3.63, 3.8) is 0 Å². The molecule has 0 N–H and O–H groups in total. The molecule has 2 atom stereocenters. The highest BCUT2D eigenvalue weighted by Gasteiger charge is 2.40. The van der Waals surface area contributed by atoms with Crippen LogP contribution in [0.15, 0.2) is 23.6 Å². The Morgan fingerprint density at radius 2 is 2.07 bits per heavy atom. The molecular formula is C19H24FN7O. The summed E-state index contributed by atoms with van der Waals surface area (Å²) < 4.78 is 19.5. The van der Waals surface area contributed by atoms with Crippen LogP contribution in [0.1, 0.15) is 24.3 Å². The monoisotopic (exact) mass is 385 g/mol. The number of hydrogen-bond acceptors (Lipinski definition) is 8. The van der Waals surface area contributed by atoms with Crippen LogP contribution in [0.2, 0.25) is 0 Å². The molecule has 4 heterocycles. The van der Waals surface area contributed by atoms with Crippen molar-refractivity contribution >= 4 is 17.7 Å². The van der Waals surface area contributed by atoms with Gasteiger partial charge in [-0.05, 0) is 19.9 Å². The highest BCUT2D eigenvalue weighted by Crippen LogP contribution is 2.46. The van der Waals surface area contributed by atoms with Crippen LogP contribution in [0.5, 0.6) is 6.01 Å². The Labute approximate surface area is 163 Å². The number of aryl methyl sites for hydroxylation is 1. The third kappa shape index (κ3) is 3.21. The molecule has 0 bridgehead atoms. The van der Waals surface area contributed by atoms with E-state index in [2.05, 4.69) is 29.9 Å². The third-order valence-corrected chi connectivity index (χ3v) is 5.01. The molecule has 0 amide bonds. The van der Waals surface area contributed by atoms with Crippen LogP contribution < -0.4 is 14.5 Å². The smallest absolute Gasteiger partial charge is 0.318 e. The van der Waals surface area contributed by atoms with E-state index in [9.17, 15) is 4.39 Å². The van der Waals surface area contributed by atoms with Gasteiger partial charge in [-0.2, -0.15) is 15.1 Å². The predicted molar refractivity (Wildman–Crippen MR) is 105 cm³/mol. The topological polar surface area (TPSA) is 70.0 Å². The van der Waals surface area contributed by atoms with Crippen molar-refractivity contribution in [1.29, 1.82) is 0 Å². The molecule has 0 aromatic carbocycles. The van der Waals surface area contributed by atoms with Crippen LogP contribution in [-0.2, 0) is 0 Å². The average Bonchev–Trinajstić information content (AvgIpc) is 3.17. The van der Waals surface area contributed by atoms with Gasteiger partial charge in [-0.25, -0.2) is 4.39 Å². The molecule has 2 aromatic rings. The Morgan fingerprint density at radius 1 is 1.25 bits per heavy atom. The van der Waals surface area contributed by atoms with Gasteiger partial charge in [0, 0.05) is 51.1 Å². The van der Waals surface area contributed by atoms with Gasteiger partial charge in [0.15, 0.2) is 5.82 Å². The predicted octanol–water partition coefficient (Wildman–Crippen LogP) is 2.22. The van der Waals surface area contributed by atoms with Crippen LogP contribution in [0.3, 0.4) is 0 Å². The molecule has 0 fully saturated rings. The number of hydrazone groups is 1. The molecule has 28 heavy (non-hydrogen) atoms. The molecular weight excluding hydrogens is 361 g/mol. The molecule has 148 valence electrons. The van der Waals surface area contributed by atoms with Crippen molar-refractivity contribution in [2.45, 2.75) is 20.0 Å². The number of rotatable bonds is 5. The van der Waals surface area contributed by atoms with E-state index in [0.29, 0.717) is 19.2 Å². The fourth-order valence-electron chi connectivity index (χ4n) is 3.94. The molecule has 2 aromatic heterocycles. The Balaban J connectivity index is 1.78. The second-order valence-corrected chi connectivity index (χ2v) is 7.14. The highest BCUT2D eigenvalue weighted by atomic mass is 19.1. The van der Waals surface area contributed by atoms with Crippen molar-refractivity contribution in [2.24, 2.45) is 11.0 Å². The number of hydrogen-bond donors (Lipinski definition) is 0. The van der Waals surface area contributed by atoms with Crippen molar-refractivity contribution in [2.75, 3.05) is 43.6 Å². The van der Waals surface area contributed by atoms with Gasteiger partial charge in [0.25, 0.3) is 0 Å². The summed E-state index contributed by atoms with van der Waals surface area (Å²) in [5.41, 5.74) is 2.51. The van der Waals surface area contributed by atoms with E-state index in [1.165, 1.54) is 12.3 Å². The first-order valence-electron chi connectivity index (χ1n) is 9.34. The fraction of sp³-hybridized carbons (Fsp3) is 0.474. The average molecular weight is 385 g/mol. The summed E-state index contributed by atoms with van der Waals surface area (Å²) in [5, 5.41) is 6.27. The Hall–Kier alpha value is -2.97. The molecule has 2 aliphatic heterocycles. The molecule has 0 saturated heterocycles. The van der Waals surface area contributed by atoms with Crippen LogP contribution in [0, 0.1) is 18.7 Å². The van der Waals surface area contributed by atoms with Gasteiger partial charge in [0.1, 0.15) is 17.7 Å². The van der Waals surface area contributed by atoms with E-state index < -0.39 is 0 Å². The maximum absolute atomic E-state index is 13.9. The van der Waals surface area contributed by atoms with Gasteiger partial charge in [0.05, 0.1) is 18.5 Å². The lowest BCUT2D eigenvalue weighted by molar-refractivity contribution is 0.312. The summed E-state index contributed by atoms with van der Waals surface area (Å²) in [6.45, 7) is 5.85. The van der Waals surface area contributed by atoms with E-state index in [0.717, 1.165) is 29.3 Å². The molecule has 0 aliphatic carbocycles. The molecule has 9 heteroatoms. The van der Waals surface area contributed by atoms with Crippen molar-refractivity contribution in [1.82, 2.24) is 20.0 Å². The van der Waals surface area contributed by atoms with Crippen LogP contribution in [-0.4, -0.2) is 60.0 Å². The second kappa shape index (κ2) is 7.21. The van der Waals surface area contributed by atoms with E-state index in [4.69, 9.17) is 4.74 Å². The summed E-state index contributed by atoms with van der Waals surface area (Å²) in [6, 6.07) is 1.88. The first kappa shape index (κ1) is 18.4. The molecule has 4 rings (SSSR count). The van der Waals surface area contributed by atoms with Gasteiger partial charge in [-0.1, -0.05) is 0 Å². The van der Waals surface area contributed by atoms with E-state index in [-0.39, 0.29) is 17.9 Å². The largest absolute Gasteiger partial charge is 0.464 e. The van der Waals surface area contributed by atoms with Gasteiger partial charge in [-0.3, -0.25) is 9.99 Å². The standard InChI is InChI=1S/C19H24FN7O/c1-5-28-19-23-12(2)16-17(24-19)27(11-13-7-22-25(3)10-13)18(26(16)4)14-6-15(20)9-21-8-14/h6-9,13,18H,5,10-11H2,1-4H3. The zero-order valence-electron chi connectivity index (χ0n) is 16.5. The van der Waals surface area contributed by atoms with Crippen LogP contribution in [0.4, 0.5) is 15.9 Å². The summed E-state index contributed by atoms with van der Waals surface area (Å²) >= 11 is 0. The van der Waals surface area contributed by atoms with Gasteiger partial charge < -0.3 is 14.5 Å². The number of fused-ring (bicyclic) bond motifs is 1. The fourth-order valence-corrected chi connectivity index (χ4v) is 3.94. The molecule has 2 unspecified atom stereocenters. The molecule has 0 saturated carbocycles. The van der Waals surface area contributed by atoms with Gasteiger partial charge >= 0.3 is 6.01 Å². The number of nitrogens with zero attached hydrogens (tertiary/aromatic N) is 7. The molecule has 0 spiro atoms. The van der Waals surface area contributed by atoms with E-state index in [1.807, 2.05) is 39.2 Å². The third-order valence-electron chi connectivity index (χ3n) is 5.01. The van der Waals surface area contributed by atoms with E-state index >= 15 is 0 Å². The maximum atomic E-state index is 13.9. The summed E-state index contributed by atoms with van der Waals surface area (Å²) in [4.78, 5) is 17.4.